The fourth-order valence-corrected chi connectivity index (χ4v) is 1.58. The summed E-state index contributed by atoms with van der Waals surface area (Å²) in [5.74, 6) is 1.46. The van der Waals surface area contributed by atoms with Crippen molar-refractivity contribution in [2.24, 2.45) is 0 Å². The molecule has 0 radical (unpaired) electrons. The van der Waals surface area contributed by atoms with Crippen molar-refractivity contribution in [1.82, 2.24) is 0 Å². The van der Waals surface area contributed by atoms with Crippen molar-refractivity contribution in [3.63, 3.8) is 0 Å². The monoisotopic (exact) mass is 244 g/mol. The van der Waals surface area contributed by atoms with Gasteiger partial charge in [0.2, 0.25) is 0 Å². The van der Waals surface area contributed by atoms with Crippen LogP contribution in [-0.4, -0.2) is 7.11 Å². The summed E-state index contributed by atoms with van der Waals surface area (Å²) in [6.45, 7) is 0.456. The summed E-state index contributed by atoms with van der Waals surface area (Å²) in [6, 6.07) is 12.9. The fraction of sp³-hybridized carbons (Fsp3) is 0.143. The number of benzene rings is 2. The lowest BCUT2D eigenvalue weighted by molar-refractivity contribution is 0.307. The van der Waals surface area contributed by atoms with Gasteiger partial charge in [-0.2, -0.15) is 0 Å². The highest BCUT2D eigenvalue weighted by Crippen LogP contribution is 2.24. The van der Waals surface area contributed by atoms with Gasteiger partial charge >= 0.3 is 0 Å². The van der Waals surface area contributed by atoms with Crippen molar-refractivity contribution >= 4 is 11.4 Å². The first-order valence-corrected chi connectivity index (χ1v) is 5.60. The minimum absolute atomic E-state index is 0.456. The van der Waals surface area contributed by atoms with Crippen molar-refractivity contribution in [3.05, 3.63) is 48.0 Å². The number of nitrogens with two attached hydrogens (primary N) is 2. The van der Waals surface area contributed by atoms with Crippen LogP contribution in [0.1, 0.15) is 5.56 Å². The summed E-state index contributed by atoms with van der Waals surface area (Å²) in [5.41, 5.74) is 13.6. The third-order valence-corrected chi connectivity index (χ3v) is 2.59. The van der Waals surface area contributed by atoms with Gasteiger partial charge < -0.3 is 20.9 Å². The second-order valence-electron chi connectivity index (χ2n) is 3.93. The molecule has 18 heavy (non-hydrogen) atoms. The second-order valence-corrected chi connectivity index (χ2v) is 3.93. The molecule has 0 aliphatic rings. The number of hydrogen-bond acceptors (Lipinski definition) is 4. The number of ether oxygens (including phenoxy) is 2. The normalized spacial score (nSPS) is 10.1. The molecule has 0 bridgehead atoms. The Kier molecular flexibility index (Phi) is 3.57. The Bertz CT molecular complexity index is 524. The number of anilines is 2. The Morgan fingerprint density at radius 1 is 1.00 bits per heavy atom. The van der Waals surface area contributed by atoms with Gasteiger partial charge in [-0.1, -0.05) is 12.1 Å². The summed E-state index contributed by atoms with van der Waals surface area (Å²) in [4.78, 5) is 0. The van der Waals surface area contributed by atoms with Crippen LogP contribution in [0.4, 0.5) is 11.4 Å². The molecule has 0 atom stereocenters. The van der Waals surface area contributed by atoms with Gasteiger partial charge in [-0.05, 0) is 35.9 Å². The lowest BCUT2D eigenvalue weighted by Gasteiger charge is -2.09. The van der Waals surface area contributed by atoms with Crippen LogP contribution in [0.3, 0.4) is 0 Å². The second kappa shape index (κ2) is 5.31. The van der Waals surface area contributed by atoms with E-state index in [1.807, 2.05) is 24.3 Å². The quantitative estimate of drug-likeness (QED) is 0.810. The molecule has 4 N–H and O–H groups in total. The smallest absolute Gasteiger partial charge is 0.142 e. The number of hydrogen-bond donors (Lipinski definition) is 2. The average molecular weight is 244 g/mol. The summed E-state index contributed by atoms with van der Waals surface area (Å²) < 4.78 is 10.7. The summed E-state index contributed by atoms with van der Waals surface area (Å²) in [5, 5.41) is 0. The lowest BCUT2D eigenvalue weighted by Crippen LogP contribution is -1.99. The maximum Gasteiger partial charge on any atom is 0.142 e. The van der Waals surface area contributed by atoms with Crippen molar-refractivity contribution in [2.75, 3.05) is 18.6 Å². The van der Waals surface area contributed by atoms with Gasteiger partial charge in [0.25, 0.3) is 0 Å². The van der Waals surface area contributed by atoms with Gasteiger partial charge in [-0.25, -0.2) is 0 Å². The van der Waals surface area contributed by atoms with E-state index in [9.17, 15) is 0 Å². The van der Waals surface area contributed by atoms with Crippen molar-refractivity contribution < 1.29 is 9.47 Å². The number of rotatable bonds is 4. The van der Waals surface area contributed by atoms with E-state index in [1.165, 1.54) is 0 Å². The zero-order valence-electron chi connectivity index (χ0n) is 10.2. The minimum atomic E-state index is 0.456. The Morgan fingerprint density at radius 3 is 2.33 bits per heavy atom. The molecule has 0 unspecified atom stereocenters. The van der Waals surface area contributed by atoms with E-state index in [0.717, 1.165) is 11.3 Å². The van der Waals surface area contributed by atoms with E-state index in [2.05, 4.69) is 0 Å². The van der Waals surface area contributed by atoms with Gasteiger partial charge in [0.1, 0.15) is 18.1 Å². The molecule has 0 saturated carbocycles. The first kappa shape index (κ1) is 12.1. The molecule has 0 aromatic heterocycles. The van der Waals surface area contributed by atoms with Gasteiger partial charge in [0.05, 0.1) is 12.8 Å². The van der Waals surface area contributed by atoms with Crippen LogP contribution in [0.5, 0.6) is 11.5 Å². The third kappa shape index (κ3) is 2.85. The molecule has 0 aliphatic heterocycles. The maximum absolute atomic E-state index is 5.81. The van der Waals surface area contributed by atoms with E-state index >= 15 is 0 Å². The van der Waals surface area contributed by atoms with Gasteiger partial charge in [-0.3, -0.25) is 0 Å². The average Bonchev–Trinajstić information content (AvgIpc) is 2.38. The Balaban J connectivity index is 2.02. The van der Waals surface area contributed by atoms with Crippen LogP contribution < -0.4 is 20.9 Å². The van der Waals surface area contributed by atoms with Crippen LogP contribution in [0.2, 0.25) is 0 Å². The molecule has 0 amide bonds. The molecule has 4 nitrogen and oxygen atoms in total. The van der Waals surface area contributed by atoms with E-state index in [0.29, 0.717) is 23.7 Å². The zero-order valence-corrected chi connectivity index (χ0v) is 10.2. The van der Waals surface area contributed by atoms with Gasteiger partial charge in [0, 0.05) is 5.69 Å². The van der Waals surface area contributed by atoms with Crippen LogP contribution in [0.15, 0.2) is 42.5 Å². The number of methoxy groups -OCH3 is 1. The molecule has 94 valence electrons. The van der Waals surface area contributed by atoms with Crippen LogP contribution in [0, 0.1) is 0 Å². The Morgan fingerprint density at radius 2 is 1.72 bits per heavy atom. The highest BCUT2D eigenvalue weighted by Gasteiger charge is 2.01. The van der Waals surface area contributed by atoms with Gasteiger partial charge in [-0.15, -0.1) is 0 Å². The molecular formula is C14H16N2O2. The molecule has 0 spiro atoms. The lowest BCUT2D eigenvalue weighted by atomic mass is 10.2. The summed E-state index contributed by atoms with van der Waals surface area (Å²) in [7, 11) is 1.64. The maximum atomic E-state index is 5.81. The van der Waals surface area contributed by atoms with Crippen LogP contribution in [-0.2, 0) is 6.61 Å². The van der Waals surface area contributed by atoms with E-state index in [1.54, 1.807) is 25.3 Å². The van der Waals surface area contributed by atoms with Crippen LogP contribution in [0.25, 0.3) is 0 Å². The number of nitrogen functional groups attached to an aromatic ring is 2. The molecule has 0 aliphatic carbocycles. The summed E-state index contributed by atoms with van der Waals surface area (Å²) >= 11 is 0. The SMILES string of the molecule is COc1ccc(COc2ccc(N)cc2N)cc1. The molecule has 2 rings (SSSR count). The Hall–Kier alpha value is -2.36. The van der Waals surface area contributed by atoms with E-state index in [-0.39, 0.29) is 0 Å². The van der Waals surface area contributed by atoms with Crippen molar-refractivity contribution in [2.45, 2.75) is 6.61 Å². The molecule has 2 aromatic rings. The molecule has 0 saturated heterocycles. The molecule has 4 heteroatoms. The highest BCUT2D eigenvalue weighted by molar-refractivity contribution is 5.60. The molecular weight excluding hydrogens is 228 g/mol. The van der Waals surface area contributed by atoms with Crippen molar-refractivity contribution in [1.29, 1.82) is 0 Å². The molecule has 0 fully saturated rings. The third-order valence-electron chi connectivity index (χ3n) is 2.59. The standard InChI is InChI=1S/C14H16N2O2/c1-17-12-5-2-10(3-6-12)9-18-14-7-4-11(15)8-13(14)16/h2-8H,9,15-16H2,1H3. The summed E-state index contributed by atoms with van der Waals surface area (Å²) in [6.07, 6.45) is 0. The van der Waals surface area contributed by atoms with Gasteiger partial charge in [0.15, 0.2) is 0 Å². The first-order chi connectivity index (χ1) is 8.69. The van der Waals surface area contributed by atoms with Crippen LogP contribution >= 0.6 is 0 Å². The van der Waals surface area contributed by atoms with E-state index in [4.69, 9.17) is 20.9 Å². The first-order valence-electron chi connectivity index (χ1n) is 5.60. The minimum Gasteiger partial charge on any atom is -0.497 e. The zero-order chi connectivity index (χ0) is 13.0. The molecule has 0 heterocycles. The Labute approximate surface area is 106 Å². The molecule has 2 aromatic carbocycles. The fourth-order valence-electron chi connectivity index (χ4n) is 1.58. The highest BCUT2D eigenvalue weighted by atomic mass is 16.5. The van der Waals surface area contributed by atoms with Crippen molar-refractivity contribution in [3.8, 4) is 11.5 Å². The topological polar surface area (TPSA) is 70.5 Å². The largest absolute Gasteiger partial charge is 0.497 e. The predicted octanol–water partition coefficient (Wildman–Crippen LogP) is 2.44. The predicted molar refractivity (Wildman–Crippen MR) is 72.6 cm³/mol. The van der Waals surface area contributed by atoms with E-state index < -0.39 is 0 Å².